The zero-order valence-corrected chi connectivity index (χ0v) is 22.6. The molecule has 1 aliphatic rings. The van der Waals surface area contributed by atoms with Gasteiger partial charge >= 0.3 is 6.09 Å². The Morgan fingerprint density at radius 1 is 1.29 bits per heavy atom. The number of hydrogen-bond donors (Lipinski definition) is 1. The average Bonchev–Trinajstić information content (AvgIpc) is 3.28. The SMILES string of the molecule is COCCOC(C)(C)c1cnc(N(CC2CCCC(C)(Cn3cnc4ccc(C#N)cc43)C2)C(=O)O)cn1. The number of rotatable bonds is 10. The number of ether oxygens (including phenoxy) is 2. The van der Waals surface area contributed by atoms with Crippen molar-refractivity contribution in [3.63, 3.8) is 0 Å². The number of hydrogen-bond acceptors (Lipinski definition) is 7. The van der Waals surface area contributed by atoms with Gasteiger partial charge in [-0.3, -0.25) is 9.88 Å². The Hall–Kier alpha value is -3.55. The van der Waals surface area contributed by atoms with Gasteiger partial charge in [0.25, 0.3) is 0 Å². The number of fused-ring (bicyclic) bond motifs is 1. The highest BCUT2D eigenvalue weighted by Crippen LogP contribution is 2.41. The lowest BCUT2D eigenvalue weighted by Crippen LogP contribution is -2.39. The summed E-state index contributed by atoms with van der Waals surface area (Å²) in [7, 11) is 1.62. The van der Waals surface area contributed by atoms with Crippen molar-refractivity contribution in [2.75, 3.05) is 31.8 Å². The van der Waals surface area contributed by atoms with Gasteiger partial charge in [0.05, 0.1) is 60.3 Å². The Bertz CT molecular complexity index is 1300. The van der Waals surface area contributed by atoms with Crippen molar-refractivity contribution in [3.05, 3.63) is 48.2 Å². The number of imidazole rings is 1. The molecule has 1 aromatic carbocycles. The molecule has 202 valence electrons. The maximum atomic E-state index is 12.2. The van der Waals surface area contributed by atoms with Gasteiger partial charge in [-0.05, 0) is 62.6 Å². The minimum Gasteiger partial charge on any atom is -0.465 e. The Balaban J connectivity index is 1.45. The van der Waals surface area contributed by atoms with Crippen molar-refractivity contribution < 1.29 is 19.4 Å². The fourth-order valence-electron chi connectivity index (χ4n) is 5.43. The van der Waals surface area contributed by atoms with Crippen LogP contribution in [0.2, 0.25) is 0 Å². The van der Waals surface area contributed by atoms with Gasteiger partial charge in [0.15, 0.2) is 5.82 Å². The number of benzene rings is 1. The third-order valence-electron chi connectivity index (χ3n) is 7.43. The van der Waals surface area contributed by atoms with Crippen LogP contribution in [0.4, 0.5) is 10.6 Å². The summed E-state index contributed by atoms with van der Waals surface area (Å²) in [6.45, 7) is 8.06. The molecule has 1 fully saturated rings. The van der Waals surface area contributed by atoms with Crippen LogP contribution in [0, 0.1) is 22.7 Å². The Kier molecular flexibility index (Phi) is 8.29. The summed E-state index contributed by atoms with van der Waals surface area (Å²) >= 11 is 0. The summed E-state index contributed by atoms with van der Waals surface area (Å²) in [6.07, 6.45) is 7.78. The van der Waals surface area contributed by atoms with Gasteiger partial charge in [0, 0.05) is 20.2 Å². The van der Waals surface area contributed by atoms with Crippen LogP contribution in [0.5, 0.6) is 0 Å². The van der Waals surface area contributed by atoms with Crippen LogP contribution in [-0.2, 0) is 21.6 Å². The van der Waals surface area contributed by atoms with E-state index in [1.807, 2.05) is 32.3 Å². The Labute approximate surface area is 223 Å². The van der Waals surface area contributed by atoms with Gasteiger partial charge < -0.3 is 19.1 Å². The average molecular weight is 521 g/mol. The third-order valence-corrected chi connectivity index (χ3v) is 7.43. The molecule has 1 saturated carbocycles. The van der Waals surface area contributed by atoms with E-state index in [0.717, 1.165) is 43.3 Å². The number of nitrogens with zero attached hydrogens (tertiary/aromatic N) is 6. The second-order valence-electron chi connectivity index (χ2n) is 11.0. The highest BCUT2D eigenvalue weighted by molar-refractivity contribution is 5.84. The van der Waals surface area contributed by atoms with Crippen molar-refractivity contribution in [2.24, 2.45) is 11.3 Å². The van der Waals surface area contributed by atoms with Gasteiger partial charge in [-0.1, -0.05) is 13.3 Å². The number of amides is 1. The van der Waals surface area contributed by atoms with E-state index < -0.39 is 11.7 Å². The zero-order valence-electron chi connectivity index (χ0n) is 22.6. The molecule has 10 nitrogen and oxygen atoms in total. The molecule has 2 aromatic heterocycles. The minimum absolute atomic E-state index is 0.0253. The largest absolute Gasteiger partial charge is 0.465 e. The lowest BCUT2D eigenvalue weighted by molar-refractivity contribution is -0.0459. The van der Waals surface area contributed by atoms with E-state index in [1.165, 1.54) is 11.1 Å². The van der Waals surface area contributed by atoms with Crippen molar-refractivity contribution >= 4 is 22.9 Å². The van der Waals surface area contributed by atoms with Crippen molar-refractivity contribution in [1.82, 2.24) is 19.5 Å². The van der Waals surface area contributed by atoms with Crippen LogP contribution in [0.15, 0.2) is 36.9 Å². The number of carbonyl (C=O) groups is 1. The molecule has 1 amide bonds. The monoisotopic (exact) mass is 520 g/mol. The van der Waals surface area contributed by atoms with Crippen molar-refractivity contribution in [3.8, 4) is 6.07 Å². The van der Waals surface area contributed by atoms with E-state index >= 15 is 0 Å². The Morgan fingerprint density at radius 3 is 2.79 bits per heavy atom. The van der Waals surface area contributed by atoms with Crippen LogP contribution >= 0.6 is 0 Å². The van der Waals surface area contributed by atoms with E-state index in [9.17, 15) is 15.2 Å². The molecule has 1 N–H and O–H groups in total. The Morgan fingerprint density at radius 2 is 2.11 bits per heavy atom. The number of aromatic nitrogens is 4. The summed E-state index contributed by atoms with van der Waals surface area (Å²) in [5.41, 5.74) is 2.35. The zero-order chi connectivity index (χ0) is 27.3. The van der Waals surface area contributed by atoms with Gasteiger partial charge in [0.1, 0.15) is 5.60 Å². The summed E-state index contributed by atoms with van der Waals surface area (Å²) in [6, 6.07) is 7.74. The smallest absolute Gasteiger partial charge is 0.413 e. The molecule has 0 spiro atoms. The summed E-state index contributed by atoms with van der Waals surface area (Å²) in [5, 5.41) is 19.3. The van der Waals surface area contributed by atoms with Crippen LogP contribution < -0.4 is 4.90 Å². The second kappa shape index (κ2) is 11.5. The number of nitriles is 1. The first-order valence-corrected chi connectivity index (χ1v) is 12.9. The molecular formula is C28H36N6O4. The van der Waals surface area contributed by atoms with Gasteiger partial charge in [-0.2, -0.15) is 5.26 Å². The molecule has 10 heteroatoms. The predicted octanol–water partition coefficient (Wildman–Crippen LogP) is 4.98. The molecule has 2 atom stereocenters. The van der Waals surface area contributed by atoms with E-state index in [2.05, 4.69) is 32.5 Å². The molecule has 3 aromatic rings. The van der Waals surface area contributed by atoms with E-state index in [0.29, 0.717) is 36.8 Å². The van der Waals surface area contributed by atoms with Crippen molar-refractivity contribution in [1.29, 1.82) is 5.26 Å². The van der Waals surface area contributed by atoms with Crippen LogP contribution in [0.25, 0.3) is 11.0 Å². The molecule has 1 aliphatic carbocycles. The maximum absolute atomic E-state index is 12.2. The molecular weight excluding hydrogens is 484 g/mol. The number of methoxy groups -OCH3 is 1. The third kappa shape index (κ3) is 6.29. The molecule has 4 rings (SSSR count). The maximum Gasteiger partial charge on any atom is 0.413 e. The summed E-state index contributed by atoms with van der Waals surface area (Å²) < 4.78 is 13.0. The molecule has 0 aliphatic heterocycles. The standard InChI is InChI=1S/C28H36N6O4/c1-27(2,38-11-10-37-4)24-15-31-25(16-30-24)34(26(35)36)17-21-6-5-9-28(3,13-21)18-33-19-32-22-8-7-20(14-29)12-23(22)33/h7-8,12,15-16,19,21H,5-6,9-11,13,17-18H2,1-4H3,(H,35,36). The second-order valence-corrected chi connectivity index (χ2v) is 11.0. The van der Waals surface area contributed by atoms with Crippen LogP contribution in [0.3, 0.4) is 0 Å². The predicted molar refractivity (Wildman–Crippen MR) is 143 cm³/mol. The topological polar surface area (TPSA) is 126 Å². The molecule has 0 radical (unpaired) electrons. The van der Waals surface area contributed by atoms with Crippen LogP contribution in [0.1, 0.15) is 57.7 Å². The van der Waals surface area contributed by atoms with Crippen LogP contribution in [-0.4, -0.2) is 57.6 Å². The molecule has 0 bridgehead atoms. The molecule has 2 heterocycles. The van der Waals surface area contributed by atoms with Gasteiger partial charge in [-0.25, -0.2) is 14.8 Å². The molecule has 38 heavy (non-hydrogen) atoms. The van der Waals surface area contributed by atoms with E-state index in [-0.39, 0.29) is 11.3 Å². The van der Waals surface area contributed by atoms with E-state index in [4.69, 9.17) is 9.47 Å². The van der Waals surface area contributed by atoms with Gasteiger partial charge in [0.2, 0.25) is 0 Å². The number of carboxylic acid groups (broad SMARTS) is 1. The fraction of sp³-hybridized carbons (Fsp3) is 0.536. The quantitative estimate of drug-likeness (QED) is 0.371. The minimum atomic E-state index is -1.04. The fourth-order valence-corrected chi connectivity index (χ4v) is 5.43. The summed E-state index contributed by atoms with van der Waals surface area (Å²) in [4.78, 5) is 27.0. The number of anilines is 1. The lowest BCUT2D eigenvalue weighted by Gasteiger charge is -2.39. The first kappa shape index (κ1) is 27.5. The first-order valence-electron chi connectivity index (χ1n) is 12.9. The van der Waals surface area contributed by atoms with Crippen molar-refractivity contribution in [2.45, 2.75) is 58.6 Å². The summed E-state index contributed by atoms with van der Waals surface area (Å²) in [5.74, 6) is 0.496. The normalized spacial score (nSPS) is 19.8. The first-order chi connectivity index (χ1) is 18.1. The highest BCUT2D eigenvalue weighted by Gasteiger charge is 2.35. The van der Waals surface area contributed by atoms with Gasteiger partial charge in [-0.15, -0.1) is 0 Å². The molecule has 0 saturated heterocycles. The lowest BCUT2D eigenvalue weighted by atomic mass is 9.70. The molecule has 2 unspecified atom stereocenters. The highest BCUT2D eigenvalue weighted by atomic mass is 16.5. The van der Waals surface area contributed by atoms with E-state index in [1.54, 1.807) is 19.4 Å².